The molecule has 0 saturated heterocycles. The Hall–Kier alpha value is -0.200. The van der Waals surface area contributed by atoms with Crippen molar-refractivity contribution in [1.29, 1.82) is 0 Å². The van der Waals surface area contributed by atoms with Gasteiger partial charge in [0, 0.05) is 0 Å². The molecular formula is C12H26O5. The molecule has 0 unspecified atom stereocenters. The van der Waals surface area contributed by atoms with E-state index in [1.54, 1.807) is 27.7 Å². The maximum absolute atomic E-state index is 9.47. The first kappa shape index (κ1) is 16.8. The van der Waals surface area contributed by atoms with E-state index in [4.69, 9.17) is 4.74 Å². The molecule has 0 bridgehead atoms. The Kier molecular flexibility index (Phi) is 6.58. The van der Waals surface area contributed by atoms with E-state index in [0.717, 1.165) is 0 Å². The van der Waals surface area contributed by atoms with Gasteiger partial charge in [-0.05, 0) is 25.7 Å². The molecule has 0 aliphatic carbocycles. The van der Waals surface area contributed by atoms with Crippen LogP contribution in [0.4, 0.5) is 0 Å². The lowest BCUT2D eigenvalue weighted by Crippen LogP contribution is -2.55. The van der Waals surface area contributed by atoms with Crippen molar-refractivity contribution < 1.29 is 25.2 Å². The SMILES string of the molecule is CCC(CC)(OC(CC)(CC)C(O)O)C(O)O. The summed E-state index contributed by atoms with van der Waals surface area (Å²) < 4.78 is 5.75. The van der Waals surface area contributed by atoms with Gasteiger partial charge in [0.15, 0.2) is 12.6 Å². The van der Waals surface area contributed by atoms with E-state index in [2.05, 4.69) is 0 Å². The van der Waals surface area contributed by atoms with Crippen LogP contribution in [0.25, 0.3) is 0 Å². The minimum absolute atomic E-state index is 0.385. The third-order valence-corrected chi connectivity index (χ3v) is 3.74. The summed E-state index contributed by atoms with van der Waals surface area (Å²) in [5, 5.41) is 37.9. The average molecular weight is 250 g/mol. The van der Waals surface area contributed by atoms with Crippen molar-refractivity contribution in [3.05, 3.63) is 0 Å². The number of aliphatic hydroxyl groups excluding tert-OH is 2. The van der Waals surface area contributed by atoms with Gasteiger partial charge in [-0.15, -0.1) is 0 Å². The van der Waals surface area contributed by atoms with Crippen molar-refractivity contribution in [3.63, 3.8) is 0 Å². The molecule has 0 aromatic carbocycles. The number of aliphatic hydroxyl groups is 4. The largest absolute Gasteiger partial charge is 0.366 e. The second-order valence-corrected chi connectivity index (χ2v) is 4.39. The van der Waals surface area contributed by atoms with E-state index in [0.29, 0.717) is 25.7 Å². The minimum atomic E-state index is -1.64. The Morgan fingerprint density at radius 3 is 1.06 bits per heavy atom. The molecule has 0 radical (unpaired) electrons. The van der Waals surface area contributed by atoms with Crippen LogP contribution in [0.5, 0.6) is 0 Å². The summed E-state index contributed by atoms with van der Waals surface area (Å²) >= 11 is 0. The predicted octanol–water partition coefficient (Wildman–Crippen LogP) is 0.742. The zero-order valence-corrected chi connectivity index (χ0v) is 11.2. The van der Waals surface area contributed by atoms with Crippen LogP contribution in [0.1, 0.15) is 53.4 Å². The summed E-state index contributed by atoms with van der Waals surface area (Å²) in [5.74, 6) is 0. The van der Waals surface area contributed by atoms with Gasteiger partial charge in [0.05, 0.1) is 0 Å². The minimum Gasteiger partial charge on any atom is -0.366 e. The highest BCUT2D eigenvalue weighted by Gasteiger charge is 2.45. The van der Waals surface area contributed by atoms with Gasteiger partial charge in [-0.25, -0.2) is 0 Å². The predicted molar refractivity (Wildman–Crippen MR) is 64.2 cm³/mol. The van der Waals surface area contributed by atoms with Gasteiger partial charge in [0.1, 0.15) is 11.2 Å². The van der Waals surface area contributed by atoms with Crippen LogP contribution >= 0.6 is 0 Å². The van der Waals surface area contributed by atoms with E-state index in [1.807, 2.05) is 0 Å². The fraction of sp³-hybridized carbons (Fsp3) is 1.00. The fourth-order valence-electron chi connectivity index (χ4n) is 2.03. The number of hydrogen-bond acceptors (Lipinski definition) is 5. The summed E-state index contributed by atoms with van der Waals surface area (Å²) in [5.41, 5.74) is -2.31. The van der Waals surface area contributed by atoms with E-state index >= 15 is 0 Å². The van der Waals surface area contributed by atoms with Gasteiger partial charge < -0.3 is 25.2 Å². The lowest BCUT2D eigenvalue weighted by Gasteiger charge is -2.44. The van der Waals surface area contributed by atoms with Crippen molar-refractivity contribution >= 4 is 0 Å². The first-order chi connectivity index (χ1) is 7.84. The lowest BCUT2D eigenvalue weighted by molar-refractivity contribution is -0.306. The van der Waals surface area contributed by atoms with Gasteiger partial charge in [-0.3, -0.25) is 0 Å². The molecule has 0 atom stereocenters. The van der Waals surface area contributed by atoms with E-state index in [1.165, 1.54) is 0 Å². The van der Waals surface area contributed by atoms with Crippen LogP contribution < -0.4 is 0 Å². The highest BCUT2D eigenvalue weighted by molar-refractivity contribution is 4.89. The first-order valence-corrected chi connectivity index (χ1v) is 6.26. The van der Waals surface area contributed by atoms with Crippen LogP contribution in [0, 0.1) is 0 Å². The molecular weight excluding hydrogens is 224 g/mol. The summed E-state index contributed by atoms with van der Waals surface area (Å²) in [6.07, 6.45) is -1.75. The lowest BCUT2D eigenvalue weighted by atomic mass is 9.90. The zero-order chi connectivity index (χ0) is 13.7. The van der Waals surface area contributed by atoms with E-state index in [9.17, 15) is 20.4 Å². The quantitative estimate of drug-likeness (QED) is 0.477. The highest BCUT2D eigenvalue weighted by Crippen LogP contribution is 2.35. The van der Waals surface area contributed by atoms with E-state index in [-0.39, 0.29) is 0 Å². The molecule has 0 saturated carbocycles. The topological polar surface area (TPSA) is 90.2 Å². The molecule has 0 aromatic rings. The second kappa shape index (κ2) is 6.66. The van der Waals surface area contributed by atoms with Crippen LogP contribution in [0.2, 0.25) is 0 Å². The fourth-order valence-corrected chi connectivity index (χ4v) is 2.03. The highest BCUT2D eigenvalue weighted by atomic mass is 16.6. The Bertz CT molecular complexity index is 185. The number of hydrogen-bond donors (Lipinski definition) is 4. The zero-order valence-electron chi connectivity index (χ0n) is 11.2. The second-order valence-electron chi connectivity index (χ2n) is 4.39. The van der Waals surface area contributed by atoms with Crippen molar-refractivity contribution in [2.75, 3.05) is 0 Å². The Morgan fingerprint density at radius 2 is 0.941 bits per heavy atom. The molecule has 0 aliphatic heterocycles. The van der Waals surface area contributed by atoms with Crippen LogP contribution in [0.15, 0.2) is 0 Å². The van der Waals surface area contributed by atoms with Gasteiger partial charge in [0.2, 0.25) is 0 Å². The number of rotatable bonds is 8. The molecule has 0 aromatic heterocycles. The van der Waals surface area contributed by atoms with Crippen LogP contribution in [-0.4, -0.2) is 44.2 Å². The summed E-state index contributed by atoms with van der Waals surface area (Å²) in [7, 11) is 0. The van der Waals surface area contributed by atoms with Gasteiger partial charge in [-0.2, -0.15) is 0 Å². The standard InChI is InChI=1S/C12H26O5/c1-5-11(6-2,9(13)14)17-12(7-3,8-4)10(15)16/h9-10,13-16H,5-8H2,1-4H3. The molecule has 4 N–H and O–H groups in total. The molecule has 17 heavy (non-hydrogen) atoms. The average Bonchev–Trinajstić information content (AvgIpc) is 2.31. The molecule has 0 heterocycles. The number of ether oxygens (including phenoxy) is 1. The van der Waals surface area contributed by atoms with Crippen LogP contribution in [-0.2, 0) is 4.74 Å². The molecule has 5 nitrogen and oxygen atoms in total. The van der Waals surface area contributed by atoms with Gasteiger partial charge >= 0.3 is 0 Å². The summed E-state index contributed by atoms with van der Waals surface area (Å²) in [6, 6.07) is 0. The molecule has 0 spiro atoms. The normalized spacial score (nSPS) is 13.8. The van der Waals surface area contributed by atoms with Crippen molar-refractivity contribution in [2.24, 2.45) is 0 Å². The summed E-state index contributed by atoms with van der Waals surface area (Å²) in [4.78, 5) is 0. The Balaban J connectivity index is 5.18. The first-order valence-electron chi connectivity index (χ1n) is 6.26. The van der Waals surface area contributed by atoms with Crippen molar-refractivity contribution in [2.45, 2.75) is 77.2 Å². The van der Waals surface area contributed by atoms with Gasteiger partial charge in [0.25, 0.3) is 0 Å². The molecule has 5 heteroatoms. The van der Waals surface area contributed by atoms with E-state index < -0.39 is 23.8 Å². The third kappa shape index (κ3) is 3.39. The molecule has 0 rings (SSSR count). The molecule has 0 aliphatic rings. The molecule has 0 amide bonds. The smallest absolute Gasteiger partial charge is 0.181 e. The summed E-state index contributed by atoms with van der Waals surface area (Å²) in [6.45, 7) is 7.12. The Labute approximate surface area is 103 Å². The third-order valence-electron chi connectivity index (χ3n) is 3.74. The maximum Gasteiger partial charge on any atom is 0.181 e. The van der Waals surface area contributed by atoms with Crippen molar-refractivity contribution in [3.8, 4) is 0 Å². The monoisotopic (exact) mass is 250 g/mol. The maximum atomic E-state index is 9.47. The molecule has 104 valence electrons. The Morgan fingerprint density at radius 1 is 0.706 bits per heavy atom. The van der Waals surface area contributed by atoms with Crippen LogP contribution in [0.3, 0.4) is 0 Å². The van der Waals surface area contributed by atoms with Gasteiger partial charge in [-0.1, -0.05) is 27.7 Å². The molecule has 0 fully saturated rings. The van der Waals surface area contributed by atoms with Crippen molar-refractivity contribution in [1.82, 2.24) is 0 Å².